The second-order valence-corrected chi connectivity index (χ2v) is 5.02. The highest BCUT2D eigenvalue weighted by atomic mass is 16.3. The Labute approximate surface area is 110 Å². The van der Waals surface area contributed by atoms with Crippen molar-refractivity contribution in [3.05, 3.63) is 29.8 Å². The van der Waals surface area contributed by atoms with Crippen molar-refractivity contribution in [2.75, 3.05) is 31.1 Å². The van der Waals surface area contributed by atoms with Crippen LogP contribution >= 0.6 is 0 Å². The Balaban J connectivity index is 2.04. The van der Waals surface area contributed by atoms with Gasteiger partial charge in [0.05, 0.1) is 0 Å². The zero-order valence-corrected chi connectivity index (χ0v) is 11.2. The van der Waals surface area contributed by atoms with E-state index in [0.717, 1.165) is 32.6 Å². The van der Waals surface area contributed by atoms with Crippen LogP contribution in [0.5, 0.6) is 0 Å². The van der Waals surface area contributed by atoms with Crippen molar-refractivity contribution >= 4 is 5.69 Å². The van der Waals surface area contributed by atoms with Gasteiger partial charge in [-0.25, -0.2) is 0 Å². The fraction of sp³-hybridized carbons (Fsp3) is 0.600. The molecule has 1 unspecified atom stereocenters. The average molecular weight is 248 g/mol. The molecule has 0 spiro atoms. The average Bonchev–Trinajstić information content (AvgIpc) is 2.86. The highest BCUT2D eigenvalue weighted by molar-refractivity contribution is 5.54. The van der Waals surface area contributed by atoms with Gasteiger partial charge < -0.3 is 15.3 Å². The number of hydrogen-bond donors (Lipinski definition) is 2. The smallest absolute Gasteiger partial charge is 0.0434 e. The first-order chi connectivity index (χ1) is 8.85. The lowest BCUT2D eigenvalue weighted by Gasteiger charge is -2.22. The minimum atomic E-state index is 0.317. The van der Waals surface area contributed by atoms with Crippen LogP contribution in [0.4, 0.5) is 5.69 Å². The Morgan fingerprint density at radius 2 is 2.22 bits per heavy atom. The summed E-state index contributed by atoms with van der Waals surface area (Å²) >= 11 is 0. The van der Waals surface area contributed by atoms with Crippen LogP contribution in [0.3, 0.4) is 0 Å². The molecule has 3 nitrogen and oxygen atoms in total. The van der Waals surface area contributed by atoms with Crippen LogP contribution in [0, 0.1) is 5.92 Å². The number of para-hydroxylation sites is 1. The number of aliphatic hydroxyl groups excluding tert-OH is 1. The van der Waals surface area contributed by atoms with Crippen LogP contribution < -0.4 is 10.2 Å². The Kier molecular flexibility index (Phi) is 5.02. The standard InChI is InChI=1S/C15H24N2O/c1-2-16-11-14-5-3-4-6-15(14)17-9-7-13(12-17)8-10-18/h3-6,13,16,18H,2,7-12H2,1H3. The normalized spacial score (nSPS) is 19.4. The van der Waals surface area contributed by atoms with Crippen LogP contribution in [-0.2, 0) is 6.54 Å². The van der Waals surface area contributed by atoms with Gasteiger partial charge >= 0.3 is 0 Å². The van der Waals surface area contributed by atoms with E-state index in [4.69, 9.17) is 5.11 Å². The SMILES string of the molecule is CCNCc1ccccc1N1CCC(CCO)C1. The molecular weight excluding hydrogens is 224 g/mol. The van der Waals surface area contributed by atoms with Gasteiger partial charge in [-0.05, 0) is 36.9 Å². The highest BCUT2D eigenvalue weighted by Gasteiger charge is 2.23. The Morgan fingerprint density at radius 1 is 1.39 bits per heavy atom. The van der Waals surface area contributed by atoms with E-state index in [-0.39, 0.29) is 0 Å². The quantitative estimate of drug-likeness (QED) is 0.808. The number of anilines is 1. The summed E-state index contributed by atoms with van der Waals surface area (Å²) in [7, 11) is 0. The minimum Gasteiger partial charge on any atom is -0.396 e. The molecule has 2 rings (SSSR count). The van der Waals surface area contributed by atoms with Crippen LogP contribution in [0.2, 0.25) is 0 Å². The molecule has 1 saturated heterocycles. The van der Waals surface area contributed by atoms with Gasteiger partial charge in [-0.1, -0.05) is 25.1 Å². The molecule has 0 aromatic heterocycles. The van der Waals surface area contributed by atoms with Crippen molar-refractivity contribution in [2.24, 2.45) is 5.92 Å². The molecule has 100 valence electrons. The van der Waals surface area contributed by atoms with Crippen LogP contribution in [0.15, 0.2) is 24.3 Å². The fourth-order valence-corrected chi connectivity index (χ4v) is 2.70. The number of nitrogens with one attached hydrogen (secondary N) is 1. The van der Waals surface area contributed by atoms with Crippen molar-refractivity contribution in [1.82, 2.24) is 5.32 Å². The summed E-state index contributed by atoms with van der Waals surface area (Å²) in [4.78, 5) is 2.47. The van der Waals surface area contributed by atoms with Gasteiger partial charge in [0.1, 0.15) is 0 Å². The van der Waals surface area contributed by atoms with E-state index in [2.05, 4.69) is 41.4 Å². The molecule has 1 fully saturated rings. The number of nitrogens with zero attached hydrogens (tertiary/aromatic N) is 1. The monoisotopic (exact) mass is 248 g/mol. The second kappa shape index (κ2) is 6.76. The molecule has 1 heterocycles. The third-order valence-corrected chi connectivity index (χ3v) is 3.72. The lowest BCUT2D eigenvalue weighted by atomic mass is 10.1. The summed E-state index contributed by atoms with van der Waals surface area (Å²) < 4.78 is 0. The largest absolute Gasteiger partial charge is 0.396 e. The Bertz CT molecular complexity index is 367. The van der Waals surface area contributed by atoms with Crippen molar-refractivity contribution in [3.8, 4) is 0 Å². The van der Waals surface area contributed by atoms with Crippen molar-refractivity contribution in [1.29, 1.82) is 0 Å². The molecule has 0 bridgehead atoms. The summed E-state index contributed by atoms with van der Waals surface area (Å²) in [5.74, 6) is 0.655. The van der Waals surface area contributed by atoms with Crippen molar-refractivity contribution in [3.63, 3.8) is 0 Å². The summed E-state index contributed by atoms with van der Waals surface area (Å²) in [5, 5.41) is 12.4. The summed E-state index contributed by atoms with van der Waals surface area (Å²) in [6.07, 6.45) is 2.14. The molecule has 3 heteroatoms. The number of rotatable bonds is 6. The highest BCUT2D eigenvalue weighted by Crippen LogP contribution is 2.28. The van der Waals surface area contributed by atoms with Gasteiger partial charge in [-0.15, -0.1) is 0 Å². The van der Waals surface area contributed by atoms with Gasteiger partial charge in [0.2, 0.25) is 0 Å². The molecule has 2 N–H and O–H groups in total. The number of hydrogen-bond acceptors (Lipinski definition) is 3. The maximum atomic E-state index is 9.03. The van der Waals surface area contributed by atoms with Crippen molar-refractivity contribution < 1.29 is 5.11 Å². The van der Waals surface area contributed by atoms with Crippen LogP contribution in [0.25, 0.3) is 0 Å². The van der Waals surface area contributed by atoms with E-state index in [1.54, 1.807) is 0 Å². The minimum absolute atomic E-state index is 0.317. The van der Waals surface area contributed by atoms with Crippen LogP contribution in [0.1, 0.15) is 25.3 Å². The predicted molar refractivity (Wildman–Crippen MR) is 75.8 cm³/mol. The molecule has 1 aromatic rings. The van der Waals surface area contributed by atoms with E-state index in [9.17, 15) is 0 Å². The summed E-state index contributed by atoms with van der Waals surface area (Å²) in [5.41, 5.74) is 2.74. The van der Waals surface area contributed by atoms with Gasteiger partial charge in [0.15, 0.2) is 0 Å². The Morgan fingerprint density at radius 3 is 3.00 bits per heavy atom. The van der Waals surface area contributed by atoms with E-state index >= 15 is 0 Å². The Hall–Kier alpha value is -1.06. The first-order valence-electron chi connectivity index (χ1n) is 6.99. The summed E-state index contributed by atoms with van der Waals surface area (Å²) in [6.45, 7) is 6.60. The van der Waals surface area contributed by atoms with Gasteiger partial charge in [0.25, 0.3) is 0 Å². The molecule has 1 aliphatic rings. The molecule has 0 aliphatic carbocycles. The van der Waals surface area contributed by atoms with Crippen molar-refractivity contribution in [2.45, 2.75) is 26.3 Å². The summed E-state index contributed by atoms with van der Waals surface area (Å²) in [6, 6.07) is 8.65. The zero-order chi connectivity index (χ0) is 12.8. The molecule has 0 saturated carbocycles. The predicted octanol–water partition coefficient (Wildman–Crippen LogP) is 2.00. The maximum Gasteiger partial charge on any atom is 0.0434 e. The first-order valence-corrected chi connectivity index (χ1v) is 6.99. The van der Waals surface area contributed by atoms with Crippen LogP contribution in [-0.4, -0.2) is 31.3 Å². The molecule has 18 heavy (non-hydrogen) atoms. The second-order valence-electron chi connectivity index (χ2n) is 5.02. The first kappa shape index (κ1) is 13.4. The van der Waals surface area contributed by atoms with Gasteiger partial charge in [0, 0.05) is 31.9 Å². The molecule has 1 atom stereocenters. The third kappa shape index (κ3) is 3.24. The number of aliphatic hydroxyl groups is 1. The molecular formula is C15H24N2O. The lowest BCUT2D eigenvalue weighted by Crippen LogP contribution is -2.23. The van der Waals surface area contributed by atoms with Gasteiger partial charge in [-0.3, -0.25) is 0 Å². The molecule has 1 aliphatic heterocycles. The lowest BCUT2D eigenvalue weighted by molar-refractivity contribution is 0.263. The fourth-order valence-electron chi connectivity index (χ4n) is 2.70. The van der Waals surface area contributed by atoms with E-state index in [1.165, 1.54) is 17.7 Å². The van der Waals surface area contributed by atoms with E-state index in [0.29, 0.717) is 12.5 Å². The van der Waals surface area contributed by atoms with E-state index < -0.39 is 0 Å². The molecule has 0 amide bonds. The van der Waals surface area contributed by atoms with E-state index in [1.807, 2.05) is 0 Å². The maximum absolute atomic E-state index is 9.03. The van der Waals surface area contributed by atoms with Gasteiger partial charge in [-0.2, -0.15) is 0 Å². The zero-order valence-electron chi connectivity index (χ0n) is 11.2. The molecule has 0 radical (unpaired) electrons. The number of benzene rings is 1. The third-order valence-electron chi connectivity index (χ3n) is 3.72. The topological polar surface area (TPSA) is 35.5 Å². The molecule has 1 aromatic carbocycles.